The van der Waals surface area contributed by atoms with Crippen molar-refractivity contribution in [1.29, 1.82) is 0 Å². The summed E-state index contributed by atoms with van der Waals surface area (Å²) in [5, 5.41) is 8.42. The lowest BCUT2D eigenvalue weighted by Gasteiger charge is -2.18. The number of pyridine rings is 1. The second kappa shape index (κ2) is 6.37. The van der Waals surface area contributed by atoms with Crippen LogP contribution in [0.3, 0.4) is 0 Å². The van der Waals surface area contributed by atoms with Gasteiger partial charge in [0.15, 0.2) is 0 Å². The summed E-state index contributed by atoms with van der Waals surface area (Å²) < 4.78 is 1.72. The summed E-state index contributed by atoms with van der Waals surface area (Å²) >= 11 is 6.33. The van der Waals surface area contributed by atoms with E-state index in [9.17, 15) is 0 Å². The van der Waals surface area contributed by atoms with Gasteiger partial charge in [0.2, 0.25) is 0 Å². The Labute approximate surface area is 125 Å². The van der Waals surface area contributed by atoms with Crippen molar-refractivity contribution in [1.82, 2.24) is 20.1 Å². The Balaban J connectivity index is 2.34. The van der Waals surface area contributed by atoms with Gasteiger partial charge in [-0.05, 0) is 38.4 Å². The fraction of sp³-hybridized carbons (Fsp3) is 0.467. The molecule has 5 heteroatoms. The Bertz CT molecular complexity index is 592. The first kappa shape index (κ1) is 15.0. The van der Waals surface area contributed by atoms with E-state index in [0.29, 0.717) is 5.15 Å². The van der Waals surface area contributed by atoms with Crippen molar-refractivity contribution in [2.75, 3.05) is 7.05 Å². The summed E-state index contributed by atoms with van der Waals surface area (Å²) in [5.41, 5.74) is 4.43. The Morgan fingerprint density at radius 2 is 2.20 bits per heavy atom. The van der Waals surface area contributed by atoms with E-state index in [1.807, 2.05) is 33.3 Å². The van der Waals surface area contributed by atoms with Crippen LogP contribution in [0, 0.1) is 6.92 Å². The zero-order chi connectivity index (χ0) is 14.7. The summed E-state index contributed by atoms with van der Waals surface area (Å²) in [4.78, 5) is 4.55. The Kier molecular flexibility index (Phi) is 4.78. The van der Waals surface area contributed by atoms with Crippen LogP contribution < -0.4 is 5.32 Å². The van der Waals surface area contributed by atoms with Crippen molar-refractivity contribution >= 4 is 11.6 Å². The number of nitrogens with one attached hydrogen (secondary N) is 1. The van der Waals surface area contributed by atoms with Crippen molar-refractivity contribution in [3.8, 4) is 0 Å². The van der Waals surface area contributed by atoms with Crippen molar-refractivity contribution in [2.45, 2.75) is 32.7 Å². The number of aromatic nitrogens is 3. The van der Waals surface area contributed by atoms with E-state index in [1.54, 1.807) is 4.68 Å². The molecule has 108 valence electrons. The second-order valence-electron chi connectivity index (χ2n) is 4.93. The minimum Gasteiger partial charge on any atom is -0.311 e. The lowest BCUT2D eigenvalue weighted by Crippen LogP contribution is -2.22. The van der Waals surface area contributed by atoms with Gasteiger partial charge in [-0.1, -0.05) is 24.6 Å². The lowest BCUT2D eigenvalue weighted by molar-refractivity contribution is 0.568. The Morgan fingerprint density at radius 1 is 1.45 bits per heavy atom. The molecule has 0 aliphatic carbocycles. The smallest absolute Gasteiger partial charge is 0.130 e. The summed E-state index contributed by atoms with van der Waals surface area (Å²) in [6.45, 7) is 4.14. The van der Waals surface area contributed by atoms with Gasteiger partial charge in [-0.3, -0.25) is 9.67 Å². The fourth-order valence-electron chi connectivity index (χ4n) is 2.51. The molecule has 0 saturated carbocycles. The van der Waals surface area contributed by atoms with E-state index in [-0.39, 0.29) is 6.04 Å². The predicted octanol–water partition coefficient (Wildman–Crippen LogP) is 2.84. The van der Waals surface area contributed by atoms with Crippen LogP contribution in [-0.4, -0.2) is 21.8 Å². The molecule has 20 heavy (non-hydrogen) atoms. The molecule has 0 aliphatic heterocycles. The molecule has 1 unspecified atom stereocenters. The van der Waals surface area contributed by atoms with Crippen LogP contribution in [0.1, 0.15) is 35.5 Å². The molecule has 1 atom stereocenters. The van der Waals surface area contributed by atoms with Gasteiger partial charge in [-0.2, -0.15) is 5.10 Å². The maximum Gasteiger partial charge on any atom is 0.130 e. The van der Waals surface area contributed by atoms with Crippen LogP contribution in [0.15, 0.2) is 18.3 Å². The third-order valence-electron chi connectivity index (χ3n) is 3.66. The van der Waals surface area contributed by atoms with Crippen molar-refractivity contribution in [3.05, 3.63) is 46.0 Å². The molecule has 4 nitrogen and oxygen atoms in total. The predicted molar refractivity (Wildman–Crippen MR) is 82.1 cm³/mol. The van der Waals surface area contributed by atoms with Gasteiger partial charge in [0, 0.05) is 18.8 Å². The van der Waals surface area contributed by atoms with E-state index in [0.717, 1.165) is 29.8 Å². The number of rotatable bonds is 5. The summed E-state index contributed by atoms with van der Waals surface area (Å²) in [5.74, 6) is 0. The first-order valence-corrected chi connectivity index (χ1v) is 7.25. The quantitative estimate of drug-likeness (QED) is 0.921. The SMILES string of the molecule is CCc1cccnc1C(Cc1c(C)nn(C)c1Cl)NC. The molecular weight excluding hydrogens is 272 g/mol. The number of nitrogens with zero attached hydrogens (tertiary/aromatic N) is 3. The molecule has 0 radical (unpaired) electrons. The van der Waals surface area contributed by atoms with Crippen LogP contribution in [0.25, 0.3) is 0 Å². The molecule has 0 fully saturated rings. The third kappa shape index (κ3) is 2.86. The zero-order valence-corrected chi connectivity index (χ0v) is 13.2. The van der Waals surface area contributed by atoms with Crippen LogP contribution in [0.5, 0.6) is 0 Å². The average Bonchev–Trinajstić information content (AvgIpc) is 2.70. The highest BCUT2D eigenvalue weighted by Crippen LogP contribution is 2.26. The molecule has 2 heterocycles. The molecule has 0 amide bonds. The minimum atomic E-state index is 0.145. The van der Waals surface area contributed by atoms with Gasteiger partial charge in [0.05, 0.1) is 17.4 Å². The maximum absolute atomic E-state index is 6.33. The van der Waals surface area contributed by atoms with Gasteiger partial charge in [0.25, 0.3) is 0 Å². The van der Waals surface area contributed by atoms with Crippen LogP contribution in [0.2, 0.25) is 5.15 Å². The van der Waals surface area contributed by atoms with E-state index >= 15 is 0 Å². The molecule has 0 aliphatic rings. The van der Waals surface area contributed by atoms with Gasteiger partial charge >= 0.3 is 0 Å². The summed E-state index contributed by atoms with van der Waals surface area (Å²) in [7, 11) is 3.82. The number of aryl methyl sites for hydroxylation is 3. The Hall–Kier alpha value is -1.39. The topological polar surface area (TPSA) is 42.7 Å². The lowest BCUT2D eigenvalue weighted by atomic mass is 9.99. The van der Waals surface area contributed by atoms with Gasteiger partial charge in [0.1, 0.15) is 5.15 Å². The monoisotopic (exact) mass is 292 g/mol. The summed E-state index contributed by atoms with van der Waals surface area (Å²) in [6.07, 6.45) is 3.61. The molecule has 1 N–H and O–H groups in total. The third-order valence-corrected chi connectivity index (χ3v) is 4.14. The number of halogens is 1. The first-order valence-electron chi connectivity index (χ1n) is 6.87. The average molecular weight is 293 g/mol. The normalized spacial score (nSPS) is 12.7. The van der Waals surface area contributed by atoms with Crippen molar-refractivity contribution in [2.24, 2.45) is 7.05 Å². The second-order valence-corrected chi connectivity index (χ2v) is 5.28. The van der Waals surface area contributed by atoms with Gasteiger partial charge in [-0.25, -0.2) is 0 Å². The van der Waals surface area contributed by atoms with Crippen LogP contribution in [-0.2, 0) is 19.9 Å². The van der Waals surface area contributed by atoms with Crippen molar-refractivity contribution < 1.29 is 0 Å². The number of hydrogen-bond donors (Lipinski definition) is 1. The van der Waals surface area contributed by atoms with Crippen LogP contribution in [0.4, 0.5) is 0 Å². The number of likely N-dealkylation sites (N-methyl/N-ethyl adjacent to an activating group) is 1. The van der Waals surface area contributed by atoms with E-state index in [4.69, 9.17) is 11.6 Å². The van der Waals surface area contributed by atoms with Gasteiger partial charge in [-0.15, -0.1) is 0 Å². The largest absolute Gasteiger partial charge is 0.311 e. The standard InChI is InChI=1S/C15H21ClN4/c1-5-11-7-6-8-18-14(11)13(17-3)9-12-10(2)19-20(4)15(12)16/h6-8,13,17H,5,9H2,1-4H3. The highest BCUT2D eigenvalue weighted by molar-refractivity contribution is 6.30. The fourth-order valence-corrected chi connectivity index (χ4v) is 2.76. The number of hydrogen-bond acceptors (Lipinski definition) is 3. The molecule has 0 spiro atoms. The molecular formula is C15H21ClN4. The van der Waals surface area contributed by atoms with E-state index < -0.39 is 0 Å². The van der Waals surface area contributed by atoms with E-state index in [2.05, 4.69) is 28.4 Å². The molecule has 0 bridgehead atoms. The highest BCUT2D eigenvalue weighted by Gasteiger charge is 2.20. The highest BCUT2D eigenvalue weighted by atomic mass is 35.5. The maximum atomic E-state index is 6.33. The molecule has 2 aromatic rings. The molecule has 0 saturated heterocycles. The van der Waals surface area contributed by atoms with E-state index in [1.165, 1.54) is 5.56 Å². The first-order chi connectivity index (χ1) is 9.58. The molecule has 2 aromatic heterocycles. The van der Waals surface area contributed by atoms with Crippen molar-refractivity contribution in [3.63, 3.8) is 0 Å². The molecule has 0 aromatic carbocycles. The summed E-state index contributed by atoms with van der Waals surface area (Å²) in [6, 6.07) is 4.26. The zero-order valence-electron chi connectivity index (χ0n) is 12.4. The van der Waals surface area contributed by atoms with Gasteiger partial charge < -0.3 is 5.32 Å². The Morgan fingerprint density at radius 3 is 2.75 bits per heavy atom. The molecule has 2 rings (SSSR count). The minimum absolute atomic E-state index is 0.145. The van der Waals surface area contributed by atoms with Crippen LogP contribution >= 0.6 is 11.6 Å².